The van der Waals surface area contributed by atoms with Gasteiger partial charge in [-0.3, -0.25) is 9.59 Å². The van der Waals surface area contributed by atoms with Crippen LogP contribution in [0.1, 0.15) is 97.3 Å². The van der Waals surface area contributed by atoms with Crippen molar-refractivity contribution in [2.45, 2.75) is 97.3 Å². The number of hydrogen-bond acceptors (Lipinski definition) is 5. The zero-order valence-corrected chi connectivity index (χ0v) is 17.9. The van der Waals surface area contributed by atoms with Crippen molar-refractivity contribution >= 4 is 23.7 Å². The number of hydrogen-bond donors (Lipinski definition) is 0. The smallest absolute Gasteiger partial charge is 0.306 e. The van der Waals surface area contributed by atoms with Crippen LogP contribution in [0, 0.1) is 0 Å². The number of carbonyl (C=O) groups is 2. The second-order valence-corrected chi connectivity index (χ2v) is 7.96. The Morgan fingerprint density at radius 1 is 0.615 bits per heavy atom. The van der Waals surface area contributed by atoms with Crippen LogP contribution >= 0.6 is 11.8 Å². The fourth-order valence-electron chi connectivity index (χ4n) is 2.55. The van der Waals surface area contributed by atoms with E-state index in [4.69, 9.17) is 9.47 Å². The number of unbranched alkanes of at least 4 members (excludes halogenated alkanes) is 9. The molecule has 4 nitrogen and oxygen atoms in total. The van der Waals surface area contributed by atoms with E-state index in [0.29, 0.717) is 37.6 Å². The zero-order chi connectivity index (χ0) is 19.3. The second kappa shape index (κ2) is 20.6. The molecule has 0 heterocycles. The Hall–Kier alpha value is -0.710. The minimum atomic E-state index is -0.150. The molecule has 0 aliphatic carbocycles. The normalized spacial score (nSPS) is 10.7. The molecule has 0 aromatic heterocycles. The van der Waals surface area contributed by atoms with Gasteiger partial charge in [-0.05, 0) is 12.8 Å². The number of rotatable bonds is 19. The van der Waals surface area contributed by atoms with E-state index in [0.717, 1.165) is 19.3 Å². The molecule has 0 saturated heterocycles. The number of thioether (sulfide) groups is 1. The van der Waals surface area contributed by atoms with Crippen LogP contribution in [0.5, 0.6) is 0 Å². The molecule has 5 heteroatoms. The van der Waals surface area contributed by atoms with Crippen molar-refractivity contribution in [3.63, 3.8) is 0 Å². The molecule has 0 fully saturated rings. The Morgan fingerprint density at radius 2 is 1.08 bits per heavy atom. The summed E-state index contributed by atoms with van der Waals surface area (Å²) < 4.78 is 10.2. The Kier molecular flexibility index (Phi) is 20.0. The van der Waals surface area contributed by atoms with Gasteiger partial charge in [-0.15, -0.1) is 0 Å². The maximum Gasteiger partial charge on any atom is 0.306 e. The van der Waals surface area contributed by atoms with Gasteiger partial charge in [0.25, 0.3) is 0 Å². The van der Waals surface area contributed by atoms with Crippen molar-refractivity contribution in [3.8, 4) is 0 Å². The molecular weight excluding hydrogens is 348 g/mol. The quantitative estimate of drug-likeness (QED) is 0.203. The summed E-state index contributed by atoms with van der Waals surface area (Å²) in [5, 5.41) is 0. The predicted octanol–water partition coefficient (Wildman–Crippen LogP) is 5.92. The molecule has 0 rings (SSSR count). The lowest BCUT2D eigenvalue weighted by atomic mass is 10.1. The highest BCUT2D eigenvalue weighted by atomic mass is 32.2. The Morgan fingerprint density at radius 3 is 1.58 bits per heavy atom. The first kappa shape index (κ1) is 25.3. The molecule has 0 aliphatic rings. The zero-order valence-electron chi connectivity index (χ0n) is 17.1. The molecule has 0 amide bonds. The fourth-order valence-corrected chi connectivity index (χ4v) is 3.37. The highest BCUT2D eigenvalue weighted by molar-refractivity contribution is 7.99. The van der Waals surface area contributed by atoms with Crippen LogP contribution in [0.25, 0.3) is 0 Å². The van der Waals surface area contributed by atoms with Crippen LogP contribution in [0.4, 0.5) is 0 Å². The van der Waals surface area contributed by atoms with Gasteiger partial charge in [0.05, 0.1) is 26.1 Å². The highest BCUT2D eigenvalue weighted by Gasteiger charge is 2.05. The summed E-state index contributed by atoms with van der Waals surface area (Å²) in [6.45, 7) is 5.26. The molecule has 0 unspecified atom stereocenters. The number of ether oxygens (including phenoxy) is 2. The van der Waals surface area contributed by atoms with E-state index in [1.54, 1.807) is 11.8 Å². The molecule has 0 radical (unpaired) electrons. The Balaban J connectivity index is 3.23. The van der Waals surface area contributed by atoms with Gasteiger partial charge in [-0.25, -0.2) is 0 Å². The summed E-state index contributed by atoms with van der Waals surface area (Å²) in [6.07, 6.45) is 14.5. The SMILES string of the molecule is CCCCCCCCCCCCOC(=O)CCSCCC(=O)OCCC. The van der Waals surface area contributed by atoms with Crippen molar-refractivity contribution in [1.29, 1.82) is 0 Å². The van der Waals surface area contributed by atoms with Gasteiger partial charge in [0, 0.05) is 11.5 Å². The molecule has 154 valence electrons. The van der Waals surface area contributed by atoms with Crippen molar-refractivity contribution in [2.24, 2.45) is 0 Å². The lowest BCUT2D eigenvalue weighted by Crippen LogP contribution is -2.08. The van der Waals surface area contributed by atoms with E-state index in [2.05, 4.69) is 6.92 Å². The summed E-state index contributed by atoms with van der Waals surface area (Å²) in [5.74, 6) is 1.14. The molecule has 0 bridgehead atoms. The Bertz CT molecular complexity index is 334. The van der Waals surface area contributed by atoms with Crippen molar-refractivity contribution in [2.75, 3.05) is 24.7 Å². The van der Waals surface area contributed by atoms with E-state index in [9.17, 15) is 9.59 Å². The van der Waals surface area contributed by atoms with Gasteiger partial charge < -0.3 is 9.47 Å². The first-order valence-corrected chi connectivity index (χ1v) is 11.7. The van der Waals surface area contributed by atoms with E-state index in [1.807, 2.05) is 6.92 Å². The summed E-state index contributed by atoms with van der Waals surface area (Å²) >= 11 is 1.60. The van der Waals surface area contributed by atoms with Crippen LogP contribution in [-0.2, 0) is 19.1 Å². The van der Waals surface area contributed by atoms with Gasteiger partial charge in [0.1, 0.15) is 0 Å². The first-order valence-electron chi connectivity index (χ1n) is 10.6. The predicted molar refractivity (Wildman–Crippen MR) is 111 cm³/mol. The fraction of sp³-hybridized carbons (Fsp3) is 0.905. The largest absolute Gasteiger partial charge is 0.466 e. The molecule has 26 heavy (non-hydrogen) atoms. The van der Waals surface area contributed by atoms with Gasteiger partial charge in [-0.2, -0.15) is 11.8 Å². The first-order chi connectivity index (χ1) is 12.7. The van der Waals surface area contributed by atoms with Crippen LogP contribution < -0.4 is 0 Å². The minimum absolute atomic E-state index is 0.123. The van der Waals surface area contributed by atoms with Crippen molar-refractivity contribution in [3.05, 3.63) is 0 Å². The lowest BCUT2D eigenvalue weighted by Gasteiger charge is -2.05. The van der Waals surface area contributed by atoms with Crippen molar-refractivity contribution < 1.29 is 19.1 Å². The molecule has 0 aliphatic heterocycles. The third kappa shape index (κ3) is 19.6. The molecule has 0 aromatic carbocycles. The number of esters is 2. The standard InChI is InChI=1S/C21H40O4S/c1-3-5-6-7-8-9-10-11-12-13-17-25-21(23)15-19-26-18-14-20(22)24-16-4-2/h3-19H2,1-2H3. The third-order valence-electron chi connectivity index (χ3n) is 4.13. The van der Waals surface area contributed by atoms with Crippen molar-refractivity contribution in [1.82, 2.24) is 0 Å². The summed E-state index contributed by atoms with van der Waals surface area (Å²) in [4.78, 5) is 22.9. The molecule has 0 N–H and O–H groups in total. The van der Waals surface area contributed by atoms with Crippen LogP contribution in [0.15, 0.2) is 0 Å². The second-order valence-electron chi connectivity index (χ2n) is 6.74. The van der Waals surface area contributed by atoms with E-state index >= 15 is 0 Å². The molecule has 0 aromatic rings. The third-order valence-corrected chi connectivity index (χ3v) is 5.11. The summed E-state index contributed by atoms with van der Waals surface area (Å²) in [5.41, 5.74) is 0. The highest BCUT2D eigenvalue weighted by Crippen LogP contribution is 2.11. The van der Waals surface area contributed by atoms with Crippen LogP contribution in [0.3, 0.4) is 0 Å². The molecular formula is C21H40O4S. The van der Waals surface area contributed by atoms with Crippen LogP contribution in [0.2, 0.25) is 0 Å². The molecule has 0 saturated carbocycles. The molecule has 0 spiro atoms. The van der Waals surface area contributed by atoms with Gasteiger partial charge in [0.2, 0.25) is 0 Å². The van der Waals surface area contributed by atoms with E-state index in [-0.39, 0.29) is 11.9 Å². The lowest BCUT2D eigenvalue weighted by molar-refractivity contribution is -0.144. The monoisotopic (exact) mass is 388 g/mol. The average molecular weight is 389 g/mol. The molecule has 0 atom stereocenters. The summed E-state index contributed by atoms with van der Waals surface area (Å²) in [6, 6.07) is 0. The maximum absolute atomic E-state index is 11.6. The van der Waals surface area contributed by atoms with E-state index < -0.39 is 0 Å². The van der Waals surface area contributed by atoms with Crippen LogP contribution in [-0.4, -0.2) is 36.7 Å². The number of carbonyl (C=O) groups excluding carboxylic acids is 2. The van der Waals surface area contributed by atoms with Gasteiger partial charge >= 0.3 is 11.9 Å². The van der Waals surface area contributed by atoms with Gasteiger partial charge in [0.15, 0.2) is 0 Å². The average Bonchev–Trinajstić information content (AvgIpc) is 2.64. The maximum atomic E-state index is 11.6. The van der Waals surface area contributed by atoms with Gasteiger partial charge in [-0.1, -0.05) is 71.6 Å². The summed E-state index contributed by atoms with van der Waals surface area (Å²) in [7, 11) is 0. The Labute approximate surface area is 165 Å². The minimum Gasteiger partial charge on any atom is -0.466 e. The topological polar surface area (TPSA) is 52.6 Å². The van der Waals surface area contributed by atoms with E-state index in [1.165, 1.54) is 51.4 Å².